The molecule has 2 amide bonds. The van der Waals surface area contributed by atoms with Gasteiger partial charge >= 0.3 is 7.82 Å². The van der Waals surface area contributed by atoms with Crippen molar-refractivity contribution in [3.63, 3.8) is 0 Å². The number of carbonyl (C=O) groups is 2. The number of hydrogen-bond acceptors (Lipinski definition) is 3. The first kappa shape index (κ1) is 14.3. The van der Waals surface area contributed by atoms with Gasteiger partial charge in [0.15, 0.2) is 0 Å². The van der Waals surface area contributed by atoms with Gasteiger partial charge in [0, 0.05) is 12.2 Å². The monoisotopic (exact) mass is 271 g/mol. The third-order valence-corrected chi connectivity index (χ3v) is 1.82. The SMILES string of the molecule is O=C1C=CC(=O)N1c1ccccc1.O=P(O)(O)O. The number of benzene rings is 1. The lowest BCUT2D eigenvalue weighted by atomic mass is 10.3. The minimum atomic E-state index is -4.64. The summed E-state index contributed by atoms with van der Waals surface area (Å²) in [5.74, 6) is -0.563. The Morgan fingerprint density at radius 2 is 1.28 bits per heavy atom. The standard InChI is InChI=1S/C10H7NO2.H3O4P/c12-9-6-7-10(13)11(9)8-4-2-1-3-5-8;1-5(2,3)4/h1-7H;(H3,1,2,3,4). The second-order valence-electron chi connectivity index (χ2n) is 3.19. The predicted octanol–water partition coefficient (Wildman–Crippen LogP) is 0.187. The number of para-hydroxylation sites is 1. The molecule has 0 fully saturated rings. The molecule has 0 saturated heterocycles. The molecule has 18 heavy (non-hydrogen) atoms. The Bertz CT molecular complexity index is 494. The van der Waals surface area contributed by atoms with E-state index < -0.39 is 7.82 Å². The lowest BCUT2D eigenvalue weighted by Gasteiger charge is -2.12. The summed E-state index contributed by atoms with van der Waals surface area (Å²) in [6, 6.07) is 8.86. The van der Waals surface area contributed by atoms with Crippen molar-refractivity contribution in [2.75, 3.05) is 4.90 Å². The van der Waals surface area contributed by atoms with Crippen LogP contribution >= 0.6 is 7.82 Å². The summed E-state index contributed by atoms with van der Waals surface area (Å²) in [6.45, 7) is 0. The topological polar surface area (TPSA) is 115 Å². The Morgan fingerprint density at radius 3 is 1.67 bits per heavy atom. The van der Waals surface area contributed by atoms with Gasteiger partial charge < -0.3 is 14.7 Å². The Balaban J connectivity index is 0.000000280. The minimum absolute atomic E-state index is 0.281. The number of carbonyl (C=O) groups excluding carboxylic acids is 2. The maximum atomic E-state index is 11.2. The molecule has 1 aromatic rings. The van der Waals surface area contributed by atoms with Crippen LogP contribution < -0.4 is 4.90 Å². The van der Waals surface area contributed by atoms with E-state index in [9.17, 15) is 9.59 Å². The Hall–Kier alpha value is -1.79. The molecule has 0 radical (unpaired) electrons. The first-order valence-electron chi connectivity index (χ1n) is 4.68. The van der Waals surface area contributed by atoms with Gasteiger partial charge in [0.2, 0.25) is 0 Å². The highest BCUT2D eigenvalue weighted by Crippen LogP contribution is 2.25. The van der Waals surface area contributed by atoms with Gasteiger partial charge in [-0.05, 0) is 12.1 Å². The molecule has 7 nitrogen and oxygen atoms in total. The minimum Gasteiger partial charge on any atom is -0.303 e. The molecule has 1 heterocycles. The van der Waals surface area contributed by atoms with Crippen molar-refractivity contribution in [1.82, 2.24) is 0 Å². The molecule has 0 saturated carbocycles. The molecule has 8 heteroatoms. The lowest BCUT2D eigenvalue weighted by Crippen LogP contribution is -2.29. The van der Waals surface area contributed by atoms with Crippen LogP contribution in [0.1, 0.15) is 0 Å². The highest BCUT2D eigenvalue weighted by atomic mass is 31.2. The molecule has 0 atom stereocenters. The van der Waals surface area contributed by atoms with Crippen LogP contribution in [0.3, 0.4) is 0 Å². The predicted molar refractivity (Wildman–Crippen MR) is 62.3 cm³/mol. The summed E-state index contributed by atoms with van der Waals surface area (Å²) in [4.78, 5) is 45.1. The van der Waals surface area contributed by atoms with E-state index in [0.29, 0.717) is 5.69 Å². The molecule has 3 N–H and O–H groups in total. The fraction of sp³-hybridized carbons (Fsp3) is 0. The van der Waals surface area contributed by atoms with Gasteiger partial charge in [-0.1, -0.05) is 18.2 Å². The molecule has 0 spiro atoms. The summed E-state index contributed by atoms with van der Waals surface area (Å²) in [6.07, 6.45) is 2.55. The Morgan fingerprint density at radius 1 is 0.889 bits per heavy atom. The van der Waals surface area contributed by atoms with Crippen molar-refractivity contribution in [2.45, 2.75) is 0 Å². The Kier molecular flexibility index (Phi) is 4.52. The smallest absolute Gasteiger partial charge is 0.303 e. The molecule has 96 valence electrons. The zero-order chi connectivity index (χ0) is 13.8. The molecule has 1 aliphatic heterocycles. The number of phosphoric acid groups is 1. The van der Waals surface area contributed by atoms with Crippen molar-refractivity contribution in [2.24, 2.45) is 0 Å². The van der Waals surface area contributed by atoms with Crippen LogP contribution in [0.25, 0.3) is 0 Å². The van der Waals surface area contributed by atoms with Crippen molar-refractivity contribution in [1.29, 1.82) is 0 Å². The van der Waals surface area contributed by atoms with Crippen molar-refractivity contribution in [3.8, 4) is 0 Å². The molecule has 0 unspecified atom stereocenters. The van der Waals surface area contributed by atoms with Crippen LogP contribution in [0.4, 0.5) is 5.69 Å². The average molecular weight is 271 g/mol. The highest BCUT2D eigenvalue weighted by Gasteiger charge is 2.24. The van der Waals surface area contributed by atoms with E-state index in [1.54, 1.807) is 24.3 Å². The molecular formula is C10H10NO6P. The van der Waals surface area contributed by atoms with Crippen LogP contribution in [0.5, 0.6) is 0 Å². The maximum absolute atomic E-state index is 11.2. The van der Waals surface area contributed by atoms with E-state index in [-0.39, 0.29) is 11.8 Å². The molecule has 1 aliphatic rings. The van der Waals surface area contributed by atoms with Crippen molar-refractivity contribution < 1.29 is 28.8 Å². The fourth-order valence-electron chi connectivity index (χ4n) is 1.23. The fourth-order valence-corrected chi connectivity index (χ4v) is 1.23. The highest BCUT2D eigenvalue weighted by molar-refractivity contribution is 7.45. The first-order valence-corrected chi connectivity index (χ1v) is 6.25. The van der Waals surface area contributed by atoms with E-state index >= 15 is 0 Å². The third-order valence-electron chi connectivity index (χ3n) is 1.82. The van der Waals surface area contributed by atoms with Crippen LogP contribution in [-0.2, 0) is 14.2 Å². The summed E-state index contributed by atoms with van der Waals surface area (Å²) < 4.78 is 8.88. The van der Waals surface area contributed by atoms with Gasteiger partial charge in [0.1, 0.15) is 0 Å². The summed E-state index contributed by atoms with van der Waals surface area (Å²) in [5, 5.41) is 0. The zero-order valence-corrected chi connectivity index (χ0v) is 9.90. The van der Waals surface area contributed by atoms with Gasteiger partial charge in [-0.25, -0.2) is 9.46 Å². The van der Waals surface area contributed by atoms with E-state index in [0.717, 1.165) is 4.90 Å². The number of anilines is 1. The second kappa shape index (κ2) is 5.70. The molecular weight excluding hydrogens is 261 g/mol. The molecule has 1 aromatic carbocycles. The number of amides is 2. The molecule has 0 aromatic heterocycles. The van der Waals surface area contributed by atoms with E-state index in [2.05, 4.69) is 0 Å². The second-order valence-corrected chi connectivity index (χ2v) is 4.22. The van der Waals surface area contributed by atoms with Gasteiger partial charge in [-0.2, -0.15) is 0 Å². The zero-order valence-electron chi connectivity index (χ0n) is 9.00. The number of nitrogens with zero attached hydrogens (tertiary/aromatic N) is 1. The van der Waals surface area contributed by atoms with Crippen molar-refractivity contribution in [3.05, 3.63) is 42.5 Å². The van der Waals surface area contributed by atoms with Crippen molar-refractivity contribution >= 4 is 25.3 Å². The largest absolute Gasteiger partial charge is 0.466 e. The van der Waals surface area contributed by atoms with E-state index in [1.165, 1.54) is 12.2 Å². The van der Waals surface area contributed by atoms with E-state index in [4.69, 9.17) is 19.2 Å². The Labute approximate surface area is 102 Å². The van der Waals surface area contributed by atoms with Gasteiger partial charge in [0.25, 0.3) is 11.8 Å². The third kappa shape index (κ3) is 4.60. The average Bonchev–Trinajstić information content (AvgIpc) is 2.57. The summed E-state index contributed by atoms with van der Waals surface area (Å²) in [7, 11) is -4.64. The summed E-state index contributed by atoms with van der Waals surface area (Å²) in [5.41, 5.74) is 0.613. The maximum Gasteiger partial charge on any atom is 0.466 e. The molecule has 0 aliphatic carbocycles. The van der Waals surface area contributed by atoms with Gasteiger partial charge in [-0.15, -0.1) is 0 Å². The number of rotatable bonds is 1. The normalized spacial score (nSPS) is 14.5. The van der Waals surface area contributed by atoms with Gasteiger partial charge in [0.05, 0.1) is 5.69 Å². The molecule has 2 rings (SSSR count). The first-order chi connectivity index (χ1) is 8.29. The lowest BCUT2D eigenvalue weighted by molar-refractivity contribution is -0.119. The van der Waals surface area contributed by atoms with Crippen LogP contribution in [0.2, 0.25) is 0 Å². The van der Waals surface area contributed by atoms with Gasteiger partial charge in [-0.3, -0.25) is 9.59 Å². The number of imide groups is 1. The quantitative estimate of drug-likeness (QED) is 0.496. The van der Waals surface area contributed by atoms with Crippen LogP contribution in [0.15, 0.2) is 42.5 Å². The summed E-state index contributed by atoms with van der Waals surface area (Å²) >= 11 is 0. The van der Waals surface area contributed by atoms with E-state index in [1.807, 2.05) is 6.07 Å². The van der Waals surface area contributed by atoms with Crippen LogP contribution in [0, 0.1) is 0 Å². The number of hydrogen-bond donors (Lipinski definition) is 3. The van der Waals surface area contributed by atoms with Crippen LogP contribution in [-0.4, -0.2) is 26.5 Å². The molecule has 0 bridgehead atoms.